The van der Waals surface area contributed by atoms with Crippen LogP contribution in [0.3, 0.4) is 0 Å². The molecule has 0 unspecified atom stereocenters. The van der Waals surface area contributed by atoms with Crippen molar-refractivity contribution < 1.29 is 0 Å². The molecule has 3 heterocycles. The lowest BCUT2D eigenvalue weighted by Crippen LogP contribution is -1.94. The lowest BCUT2D eigenvalue weighted by atomic mass is 9.89. The maximum atomic E-state index is 2.40. The van der Waals surface area contributed by atoms with Crippen LogP contribution in [0.4, 0.5) is 0 Å². The molecule has 3 heteroatoms. The summed E-state index contributed by atoms with van der Waals surface area (Å²) in [5.74, 6) is 0. The van der Waals surface area contributed by atoms with E-state index >= 15 is 0 Å². The Balaban J connectivity index is 0.000000106. The van der Waals surface area contributed by atoms with Gasteiger partial charge in [0.05, 0.1) is 33.1 Å². The van der Waals surface area contributed by atoms with Gasteiger partial charge in [-0.2, -0.15) is 0 Å². The van der Waals surface area contributed by atoms with Crippen molar-refractivity contribution in [3.63, 3.8) is 0 Å². The van der Waals surface area contributed by atoms with Gasteiger partial charge in [-0.1, -0.05) is 278 Å². The highest BCUT2D eigenvalue weighted by atomic mass is 15.0. The molecule has 21 aromatic rings. The van der Waals surface area contributed by atoms with Gasteiger partial charge in [-0.3, -0.25) is 0 Å². The van der Waals surface area contributed by atoms with Crippen LogP contribution in [0, 0.1) is 20.8 Å². The second-order valence-corrected chi connectivity index (χ2v) is 27.2. The first-order valence-corrected chi connectivity index (χ1v) is 35.4. The van der Waals surface area contributed by atoms with Crippen LogP contribution in [0.15, 0.2) is 364 Å². The van der Waals surface area contributed by atoms with E-state index in [9.17, 15) is 0 Å². The van der Waals surface area contributed by atoms with Crippen LogP contribution < -0.4 is 0 Å². The summed E-state index contributed by atoms with van der Waals surface area (Å²) in [5, 5.41) is 23.3. The van der Waals surface area contributed by atoms with Crippen LogP contribution in [0.1, 0.15) is 16.7 Å². The summed E-state index contributed by atoms with van der Waals surface area (Å²) in [5.41, 5.74) is 22.6. The first kappa shape index (κ1) is 60.1. The highest BCUT2D eigenvalue weighted by molar-refractivity contribution is 6.18. The third-order valence-corrected chi connectivity index (χ3v) is 21.2. The minimum absolute atomic E-state index is 1.18. The zero-order valence-electron chi connectivity index (χ0n) is 57.0. The second-order valence-electron chi connectivity index (χ2n) is 27.2. The van der Waals surface area contributed by atoms with Gasteiger partial charge in [-0.05, 0) is 221 Å². The van der Waals surface area contributed by atoms with Gasteiger partial charge in [0, 0.05) is 49.4 Å². The predicted octanol–water partition coefficient (Wildman–Crippen LogP) is 27.2. The van der Waals surface area contributed by atoms with Crippen LogP contribution >= 0.6 is 0 Å². The SMILES string of the molecule is Cc1c2ccccc2c(-c2ccc(-n3c4ccccc4c4ccccc43)cc2)c2ccccc12.Cc1ccc2c(c1)c1cc(C)ccc1n2-c1ccc(-c2c3ccccc3cc3ccccc23)cc1.c1ccc2c(-c3ccc(-n4c5ccccc5c5ccccc54)cc3)c3ccccc3cc2c1. The van der Waals surface area contributed by atoms with E-state index in [1.165, 1.54) is 197 Å². The first-order valence-electron chi connectivity index (χ1n) is 35.4. The number of hydrogen-bond donors (Lipinski definition) is 0. The maximum Gasteiger partial charge on any atom is 0.0541 e. The number of fused-ring (bicyclic) bond motifs is 15. The highest BCUT2D eigenvalue weighted by Crippen LogP contribution is 2.44. The van der Waals surface area contributed by atoms with E-state index in [1.807, 2.05) is 0 Å². The van der Waals surface area contributed by atoms with Gasteiger partial charge in [0.15, 0.2) is 0 Å². The van der Waals surface area contributed by atoms with Crippen molar-refractivity contribution in [2.75, 3.05) is 0 Å². The van der Waals surface area contributed by atoms with Crippen LogP contribution in [0.2, 0.25) is 0 Å². The molecular formula is C99H69N3. The molecule has 480 valence electrons. The van der Waals surface area contributed by atoms with Gasteiger partial charge < -0.3 is 13.7 Å². The third kappa shape index (κ3) is 10.0. The van der Waals surface area contributed by atoms with Gasteiger partial charge in [-0.15, -0.1) is 0 Å². The molecule has 0 amide bonds. The van der Waals surface area contributed by atoms with E-state index in [4.69, 9.17) is 0 Å². The van der Waals surface area contributed by atoms with Gasteiger partial charge >= 0.3 is 0 Å². The van der Waals surface area contributed by atoms with E-state index in [2.05, 4.69) is 398 Å². The Morgan fingerprint density at radius 3 is 0.686 bits per heavy atom. The monoisotopic (exact) mass is 1300 g/mol. The van der Waals surface area contributed by atoms with E-state index < -0.39 is 0 Å². The standard InChI is InChI=1S/C34H25N.C33H23N.C32H21N/c1-22-11-17-32-30(19-22)31-20-23(2)12-18-33(31)35(32)27-15-13-24(14-16-27)34-28-9-5-3-7-25(28)21-26-8-4-6-10-29(26)34;1-22-25-10-2-4-14-29(25)33(30-15-5-3-11-26(22)30)23-18-20-24(21-19-23)34-31-16-8-6-12-27(31)28-13-7-9-17-32(28)34;1-3-11-26-23(9-1)21-24-10-2-4-12-27(24)32(26)22-17-19-25(20-18-22)33-30-15-7-5-13-28(30)29-14-6-8-16-31(29)33/h3-21H,1-2H3;2-21H,1H3;1-21H. The molecule has 102 heavy (non-hydrogen) atoms. The fourth-order valence-electron chi connectivity index (χ4n) is 16.6. The van der Waals surface area contributed by atoms with Crippen LogP contribution in [-0.2, 0) is 0 Å². The summed E-state index contributed by atoms with van der Waals surface area (Å²) in [6, 6.07) is 132. The number of aromatic nitrogens is 3. The number of rotatable bonds is 6. The van der Waals surface area contributed by atoms with E-state index in [-0.39, 0.29) is 0 Å². The van der Waals surface area contributed by atoms with Crippen LogP contribution in [0.25, 0.3) is 180 Å². The minimum Gasteiger partial charge on any atom is -0.309 e. The number of para-hydroxylation sites is 4. The van der Waals surface area contributed by atoms with Gasteiger partial charge in [0.2, 0.25) is 0 Å². The average Bonchev–Trinajstić information content (AvgIpc) is 1.35. The Hall–Kier alpha value is -13.1. The predicted molar refractivity (Wildman–Crippen MR) is 438 cm³/mol. The molecule has 0 N–H and O–H groups in total. The zero-order valence-corrected chi connectivity index (χ0v) is 57.0. The topological polar surface area (TPSA) is 14.8 Å². The van der Waals surface area contributed by atoms with Crippen molar-refractivity contribution >= 4 is 130 Å². The molecule has 0 aliphatic rings. The molecular weight excluding hydrogens is 1230 g/mol. The summed E-state index contributed by atoms with van der Waals surface area (Å²) in [4.78, 5) is 0. The Morgan fingerprint density at radius 2 is 0.392 bits per heavy atom. The normalized spacial score (nSPS) is 11.7. The molecule has 0 saturated carbocycles. The fourth-order valence-corrected chi connectivity index (χ4v) is 16.6. The molecule has 21 rings (SSSR count). The Kier molecular flexibility index (Phi) is 14.6. The average molecular weight is 1300 g/mol. The van der Waals surface area contributed by atoms with Gasteiger partial charge in [0.25, 0.3) is 0 Å². The van der Waals surface area contributed by atoms with Gasteiger partial charge in [0.1, 0.15) is 0 Å². The summed E-state index contributed by atoms with van der Waals surface area (Å²) < 4.78 is 7.14. The lowest BCUT2D eigenvalue weighted by Gasteiger charge is -2.16. The molecule has 0 radical (unpaired) electrons. The van der Waals surface area contributed by atoms with E-state index in [1.54, 1.807) is 0 Å². The van der Waals surface area contributed by atoms with Crippen molar-refractivity contribution in [2.45, 2.75) is 20.8 Å². The van der Waals surface area contributed by atoms with Crippen molar-refractivity contribution in [3.8, 4) is 50.4 Å². The molecule has 0 bridgehead atoms. The van der Waals surface area contributed by atoms with Crippen molar-refractivity contribution in [1.29, 1.82) is 0 Å². The van der Waals surface area contributed by atoms with Crippen molar-refractivity contribution in [2.24, 2.45) is 0 Å². The lowest BCUT2D eigenvalue weighted by molar-refractivity contribution is 1.18. The molecule has 0 saturated heterocycles. The number of hydrogen-bond acceptors (Lipinski definition) is 0. The summed E-state index contributed by atoms with van der Waals surface area (Å²) >= 11 is 0. The molecule has 0 fully saturated rings. The molecule has 0 atom stereocenters. The fraction of sp³-hybridized carbons (Fsp3) is 0.0303. The second kappa shape index (κ2) is 24.7. The Labute approximate surface area is 591 Å². The van der Waals surface area contributed by atoms with E-state index in [0.29, 0.717) is 0 Å². The number of benzene rings is 18. The summed E-state index contributed by atoms with van der Waals surface area (Å²) in [6.07, 6.45) is 0. The van der Waals surface area contributed by atoms with Crippen LogP contribution in [-0.4, -0.2) is 13.7 Å². The highest BCUT2D eigenvalue weighted by Gasteiger charge is 2.19. The third-order valence-electron chi connectivity index (χ3n) is 21.2. The molecule has 3 nitrogen and oxygen atoms in total. The quantitative estimate of drug-likeness (QED) is 0.147. The smallest absolute Gasteiger partial charge is 0.0541 e. The van der Waals surface area contributed by atoms with Crippen molar-refractivity contribution in [3.05, 3.63) is 381 Å². The van der Waals surface area contributed by atoms with Gasteiger partial charge in [-0.25, -0.2) is 0 Å². The molecule has 0 aliphatic carbocycles. The van der Waals surface area contributed by atoms with E-state index in [0.717, 1.165) is 0 Å². The number of aryl methyl sites for hydroxylation is 3. The number of nitrogens with zero attached hydrogens (tertiary/aromatic N) is 3. The van der Waals surface area contributed by atoms with Crippen LogP contribution in [0.5, 0.6) is 0 Å². The molecule has 18 aromatic carbocycles. The molecule has 0 aliphatic heterocycles. The largest absolute Gasteiger partial charge is 0.309 e. The van der Waals surface area contributed by atoms with Crippen molar-refractivity contribution in [1.82, 2.24) is 13.7 Å². The first-order chi connectivity index (χ1) is 50.4. The zero-order chi connectivity index (χ0) is 67.9. The molecule has 3 aromatic heterocycles. The Bertz CT molecular complexity index is 6550. The molecule has 0 spiro atoms. The maximum absolute atomic E-state index is 2.40. The summed E-state index contributed by atoms with van der Waals surface area (Å²) in [6.45, 7) is 6.57. The Morgan fingerprint density at radius 1 is 0.167 bits per heavy atom. The summed E-state index contributed by atoms with van der Waals surface area (Å²) in [7, 11) is 0. The minimum atomic E-state index is 1.18.